The van der Waals surface area contributed by atoms with Crippen molar-refractivity contribution in [2.24, 2.45) is 0 Å². The molecule has 0 radical (unpaired) electrons. The van der Waals surface area contributed by atoms with Gasteiger partial charge in [0.15, 0.2) is 0 Å². The topological polar surface area (TPSA) is 43.9 Å². The first-order chi connectivity index (χ1) is 12.9. The maximum atomic E-state index is 6.19. The van der Waals surface area contributed by atoms with Crippen LogP contribution in [0.25, 0.3) is 22.0 Å². The number of nitrogens with zero attached hydrogens (tertiary/aromatic N) is 3. The van der Waals surface area contributed by atoms with Crippen LogP contribution in [0.5, 0.6) is 0 Å². The summed E-state index contributed by atoms with van der Waals surface area (Å²) in [6.45, 7) is 0. The van der Waals surface area contributed by atoms with E-state index in [0.29, 0.717) is 0 Å². The molecule has 26 heavy (non-hydrogen) atoms. The fourth-order valence-electron chi connectivity index (χ4n) is 3.43. The molecule has 4 nitrogen and oxygen atoms in total. The van der Waals surface area contributed by atoms with Gasteiger partial charge in [-0.3, -0.25) is 0 Å². The maximum Gasteiger partial charge on any atom is 0.134 e. The zero-order valence-electron chi connectivity index (χ0n) is 14.1. The second kappa shape index (κ2) is 6.15. The Morgan fingerprint density at radius 3 is 2.50 bits per heavy atom. The number of aromatic nitrogens is 3. The van der Waals surface area contributed by atoms with E-state index >= 15 is 0 Å². The molecule has 1 atom stereocenters. The van der Waals surface area contributed by atoms with E-state index in [9.17, 15) is 0 Å². The van der Waals surface area contributed by atoms with Gasteiger partial charge in [0.1, 0.15) is 22.9 Å². The van der Waals surface area contributed by atoms with E-state index in [1.807, 2.05) is 47.1 Å². The molecule has 0 fully saturated rings. The van der Waals surface area contributed by atoms with E-state index in [0.717, 1.165) is 34.2 Å². The molecule has 0 aliphatic rings. The fourth-order valence-corrected chi connectivity index (χ4v) is 3.43. The summed E-state index contributed by atoms with van der Waals surface area (Å²) >= 11 is 0. The Balaban J connectivity index is 1.67. The Morgan fingerprint density at radius 1 is 0.846 bits per heavy atom. The molecule has 0 spiro atoms. The number of furan rings is 1. The first-order valence-electron chi connectivity index (χ1n) is 8.71. The zero-order valence-corrected chi connectivity index (χ0v) is 14.1. The van der Waals surface area contributed by atoms with E-state index in [1.165, 1.54) is 5.56 Å². The highest BCUT2D eigenvalue weighted by atomic mass is 16.3. The third-order valence-electron chi connectivity index (χ3n) is 4.72. The summed E-state index contributed by atoms with van der Waals surface area (Å²) in [4.78, 5) is 0. The van der Waals surface area contributed by atoms with Crippen molar-refractivity contribution in [2.75, 3.05) is 0 Å². The van der Waals surface area contributed by atoms with Crippen LogP contribution in [0.2, 0.25) is 0 Å². The normalized spacial score (nSPS) is 12.6. The summed E-state index contributed by atoms with van der Waals surface area (Å²) in [6, 6.07) is 28.6. The molecule has 0 N–H and O–H groups in total. The molecule has 0 amide bonds. The molecule has 3 aromatic carbocycles. The molecule has 5 aromatic rings. The highest BCUT2D eigenvalue weighted by Gasteiger charge is 2.22. The van der Waals surface area contributed by atoms with Crippen LogP contribution in [-0.4, -0.2) is 15.0 Å². The predicted octanol–water partition coefficient (Wildman–Crippen LogP) is 5.01. The second-order valence-electron chi connectivity index (χ2n) is 6.41. The van der Waals surface area contributed by atoms with Gasteiger partial charge in [-0.15, -0.1) is 5.10 Å². The standard InChI is InChI=1S/C22H17N3O/c1-2-8-16(9-3-1)14-20(22-15-17-10-4-7-13-21(17)26-22)25-19-12-6-5-11-18(19)23-24-25/h1-13,15,20H,14H2. The summed E-state index contributed by atoms with van der Waals surface area (Å²) in [5.74, 6) is 0.894. The smallest absolute Gasteiger partial charge is 0.134 e. The Hall–Kier alpha value is -3.40. The van der Waals surface area contributed by atoms with E-state index < -0.39 is 0 Å². The van der Waals surface area contributed by atoms with Gasteiger partial charge in [0.25, 0.3) is 0 Å². The summed E-state index contributed by atoms with van der Waals surface area (Å²) in [5, 5.41) is 9.88. The summed E-state index contributed by atoms with van der Waals surface area (Å²) in [5.41, 5.74) is 4.03. The Kier molecular flexibility index (Phi) is 3.53. The largest absolute Gasteiger partial charge is 0.459 e. The maximum absolute atomic E-state index is 6.19. The highest BCUT2D eigenvalue weighted by molar-refractivity contribution is 5.78. The highest BCUT2D eigenvalue weighted by Crippen LogP contribution is 2.30. The van der Waals surface area contributed by atoms with Gasteiger partial charge in [0.2, 0.25) is 0 Å². The molecule has 0 saturated carbocycles. The molecular weight excluding hydrogens is 322 g/mol. The monoisotopic (exact) mass is 339 g/mol. The molecule has 0 aliphatic carbocycles. The lowest BCUT2D eigenvalue weighted by molar-refractivity contribution is 0.421. The predicted molar refractivity (Wildman–Crippen MR) is 102 cm³/mol. The van der Waals surface area contributed by atoms with Crippen molar-refractivity contribution < 1.29 is 4.42 Å². The third kappa shape index (κ3) is 2.56. The van der Waals surface area contributed by atoms with Crippen LogP contribution in [0, 0.1) is 0 Å². The van der Waals surface area contributed by atoms with Gasteiger partial charge in [0.05, 0.1) is 5.52 Å². The summed E-state index contributed by atoms with van der Waals surface area (Å²) in [7, 11) is 0. The SMILES string of the molecule is c1ccc(CC(c2cc3ccccc3o2)n2nnc3ccccc32)cc1. The zero-order chi connectivity index (χ0) is 17.3. The first-order valence-corrected chi connectivity index (χ1v) is 8.71. The van der Waals surface area contributed by atoms with Crippen molar-refractivity contribution in [1.29, 1.82) is 0 Å². The van der Waals surface area contributed by atoms with Crippen molar-refractivity contribution >= 4 is 22.0 Å². The quantitative estimate of drug-likeness (QED) is 0.462. The Bertz CT molecular complexity index is 1140. The molecule has 0 aliphatic heterocycles. The molecular formula is C22H17N3O. The van der Waals surface area contributed by atoms with Crippen LogP contribution >= 0.6 is 0 Å². The van der Waals surface area contributed by atoms with Crippen LogP contribution in [0.15, 0.2) is 89.3 Å². The number of fused-ring (bicyclic) bond motifs is 2. The van der Waals surface area contributed by atoms with Crippen LogP contribution in [0.1, 0.15) is 17.4 Å². The molecule has 126 valence electrons. The van der Waals surface area contributed by atoms with Gasteiger partial charge in [-0.05, 0) is 29.8 Å². The lowest BCUT2D eigenvalue weighted by Gasteiger charge is -2.16. The van der Waals surface area contributed by atoms with E-state index in [4.69, 9.17) is 4.42 Å². The van der Waals surface area contributed by atoms with Crippen molar-refractivity contribution in [3.63, 3.8) is 0 Å². The number of para-hydroxylation sites is 2. The van der Waals surface area contributed by atoms with E-state index in [-0.39, 0.29) is 6.04 Å². The molecule has 2 aromatic heterocycles. The van der Waals surface area contributed by atoms with Crippen LogP contribution in [-0.2, 0) is 6.42 Å². The number of benzene rings is 3. The minimum atomic E-state index is -0.0581. The first kappa shape index (κ1) is 14.9. The fraction of sp³-hybridized carbons (Fsp3) is 0.0909. The summed E-state index contributed by atoms with van der Waals surface area (Å²) < 4.78 is 8.16. The summed E-state index contributed by atoms with van der Waals surface area (Å²) in [6.07, 6.45) is 0.786. The van der Waals surface area contributed by atoms with Gasteiger partial charge in [0, 0.05) is 11.8 Å². The van der Waals surface area contributed by atoms with Gasteiger partial charge >= 0.3 is 0 Å². The molecule has 2 heterocycles. The van der Waals surface area contributed by atoms with Crippen LogP contribution in [0.4, 0.5) is 0 Å². The number of hydrogen-bond donors (Lipinski definition) is 0. The second-order valence-corrected chi connectivity index (χ2v) is 6.41. The molecule has 1 unspecified atom stereocenters. The van der Waals surface area contributed by atoms with Gasteiger partial charge in [-0.1, -0.05) is 65.9 Å². The van der Waals surface area contributed by atoms with Gasteiger partial charge in [-0.25, -0.2) is 4.68 Å². The average Bonchev–Trinajstić information content (AvgIpc) is 3.31. The van der Waals surface area contributed by atoms with Crippen molar-refractivity contribution in [1.82, 2.24) is 15.0 Å². The lowest BCUT2D eigenvalue weighted by Crippen LogP contribution is -2.14. The molecule has 0 saturated heterocycles. The van der Waals surface area contributed by atoms with Crippen LogP contribution in [0.3, 0.4) is 0 Å². The van der Waals surface area contributed by atoms with Crippen LogP contribution < -0.4 is 0 Å². The minimum Gasteiger partial charge on any atom is -0.459 e. The van der Waals surface area contributed by atoms with E-state index in [2.05, 4.69) is 52.8 Å². The molecule has 5 rings (SSSR count). The van der Waals surface area contributed by atoms with Gasteiger partial charge < -0.3 is 4.42 Å². The lowest BCUT2D eigenvalue weighted by atomic mass is 10.0. The minimum absolute atomic E-state index is 0.0581. The number of rotatable bonds is 4. The Morgan fingerprint density at radius 2 is 1.62 bits per heavy atom. The van der Waals surface area contributed by atoms with Gasteiger partial charge in [-0.2, -0.15) is 0 Å². The van der Waals surface area contributed by atoms with Crippen molar-refractivity contribution in [3.05, 3.63) is 96.3 Å². The van der Waals surface area contributed by atoms with Crippen molar-refractivity contribution in [2.45, 2.75) is 12.5 Å². The Labute approximate surface area is 150 Å². The van der Waals surface area contributed by atoms with E-state index in [1.54, 1.807) is 0 Å². The third-order valence-corrected chi connectivity index (χ3v) is 4.72. The molecule has 0 bridgehead atoms. The van der Waals surface area contributed by atoms with Crippen molar-refractivity contribution in [3.8, 4) is 0 Å². The number of hydrogen-bond acceptors (Lipinski definition) is 3. The molecule has 4 heteroatoms. The average molecular weight is 339 g/mol.